The second-order valence-corrected chi connectivity index (χ2v) is 14.6. The van der Waals surface area contributed by atoms with Crippen molar-refractivity contribution in [1.82, 2.24) is 0 Å². The molecule has 1 aromatic rings. The molecule has 0 aliphatic carbocycles. The van der Waals surface area contributed by atoms with Crippen LogP contribution in [0.5, 0.6) is 5.75 Å². The average Bonchev–Trinajstić information content (AvgIpc) is 2.49. The fraction of sp³-hybridized carbons (Fsp3) is 0.647. The van der Waals surface area contributed by atoms with Gasteiger partial charge in [0.15, 0.2) is 0 Å². The molecule has 0 aliphatic heterocycles. The minimum Gasteiger partial charge on any atom is -0.490 e. The van der Waals surface area contributed by atoms with E-state index in [0.717, 1.165) is 18.6 Å². The van der Waals surface area contributed by atoms with E-state index < -0.39 is 6.00 Å². The molecule has 1 rings (SSSR count). The second-order valence-electron chi connectivity index (χ2n) is 5.72. The summed E-state index contributed by atoms with van der Waals surface area (Å²) in [5.74, 6) is 0.783. The van der Waals surface area contributed by atoms with Gasteiger partial charge in [0.2, 0.25) is 0 Å². The third-order valence-corrected chi connectivity index (χ3v) is 7.03. The van der Waals surface area contributed by atoms with E-state index in [-0.39, 0.29) is 5.73 Å². The zero-order valence-corrected chi connectivity index (χ0v) is 16.6. The molecule has 1 atom stereocenters. The molecule has 22 heavy (non-hydrogen) atoms. The van der Waals surface area contributed by atoms with E-state index in [0.29, 0.717) is 0 Å². The molecule has 5 heteroatoms. The fourth-order valence-electron chi connectivity index (χ4n) is 2.42. The van der Waals surface area contributed by atoms with Crippen molar-refractivity contribution in [2.24, 2.45) is 0 Å². The maximum atomic E-state index is 6.19. The normalized spacial score (nSPS) is 13.1. The summed E-state index contributed by atoms with van der Waals surface area (Å²) in [4.78, 5) is 0. The number of hydrogen-bond donors (Lipinski definition) is 0. The van der Waals surface area contributed by atoms with E-state index in [9.17, 15) is 0 Å². The van der Waals surface area contributed by atoms with Gasteiger partial charge in [-0.15, -0.1) is 33.2 Å². The summed E-state index contributed by atoms with van der Waals surface area (Å²) in [7, 11) is 0. The smallest absolute Gasteiger partial charge is 0.381 e. The molecule has 0 fully saturated rings. The van der Waals surface area contributed by atoms with Gasteiger partial charge in [-0.2, -0.15) is 0 Å². The van der Waals surface area contributed by atoms with Gasteiger partial charge in [0.1, 0.15) is 11.5 Å². The summed E-state index contributed by atoms with van der Waals surface area (Å²) in [6, 6.07) is 6.77. The van der Waals surface area contributed by atoms with E-state index in [1.807, 2.05) is 30.3 Å². The average molecular weight is 382 g/mol. The Morgan fingerprint density at radius 2 is 1.41 bits per heavy atom. The lowest BCUT2D eigenvalue weighted by atomic mass is 10.1. The Kier molecular flexibility index (Phi) is 10.6. The van der Waals surface area contributed by atoms with Gasteiger partial charge in [-0.3, -0.25) is 0 Å². The van der Waals surface area contributed by atoms with Gasteiger partial charge in [0.25, 0.3) is 0 Å². The van der Waals surface area contributed by atoms with Crippen molar-refractivity contribution >= 4 is 39.2 Å². The highest BCUT2D eigenvalue weighted by atomic mass is 35.8. The van der Waals surface area contributed by atoms with Crippen molar-refractivity contribution in [1.29, 1.82) is 0 Å². The molecule has 0 aromatic heterocycles. The molecule has 0 saturated heterocycles. The standard InChI is InChI=1S/C17H27Cl3OSi/c1-2-3-4-5-6-7-8-12-15-17(22(18,19)20)21-16-13-10-9-11-14-16/h9-11,13-14,17H,2-8,12,15H2,1H3. The van der Waals surface area contributed by atoms with Crippen LogP contribution in [-0.4, -0.2) is 11.7 Å². The van der Waals surface area contributed by atoms with E-state index in [1.54, 1.807) is 0 Å². The largest absolute Gasteiger partial charge is 0.490 e. The Hall–Kier alpha value is 0.107. The molecule has 1 aromatic carbocycles. The molecule has 1 nitrogen and oxygen atoms in total. The monoisotopic (exact) mass is 380 g/mol. The van der Waals surface area contributed by atoms with Crippen LogP contribution >= 0.6 is 33.2 Å². The lowest BCUT2D eigenvalue weighted by molar-refractivity contribution is 0.260. The lowest BCUT2D eigenvalue weighted by Crippen LogP contribution is -2.36. The maximum absolute atomic E-state index is 6.19. The number of hydrogen-bond acceptors (Lipinski definition) is 1. The van der Waals surface area contributed by atoms with Crippen LogP contribution in [0.3, 0.4) is 0 Å². The van der Waals surface area contributed by atoms with Crippen molar-refractivity contribution in [3.63, 3.8) is 0 Å². The van der Waals surface area contributed by atoms with Crippen molar-refractivity contribution in [3.8, 4) is 5.75 Å². The van der Waals surface area contributed by atoms with Gasteiger partial charge in [-0.05, 0) is 25.0 Å². The first-order valence-electron chi connectivity index (χ1n) is 8.32. The minimum absolute atomic E-state index is 0.264. The van der Waals surface area contributed by atoms with Crippen molar-refractivity contribution in [2.75, 3.05) is 0 Å². The van der Waals surface area contributed by atoms with Crippen molar-refractivity contribution in [2.45, 2.75) is 70.4 Å². The number of unbranched alkanes of at least 4 members (excludes halogenated alkanes) is 7. The number of benzene rings is 1. The molecule has 0 amide bonds. The van der Waals surface area contributed by atoms with Gasteiger partial charge in [0, 0.05) is 0 Å². The number of para-hydroxylation sites is 1. The molecule has 0 heterocycles. The first-order chi connectivity index (χ1) is 10.5. The van der Waals surface area contributed by atoms with E-state index in [4.69, 9.17) is 38.0 Å². The predicted molar refractivity (Wildman–Crippen MR) is 101 cm³/mol. The van der Waals surface area contributed by atoms with Crippen molar-refractivity contribution < 1.29 is 4.74 Å². The quantitative estimate of drug-likeness (QED) is 0.212. The number of rotatable bonds is 12. The highest BCUT2D eigenvalue weighted by Crippen LogP contribution is 2.31. The number of ether oxygens (including phenoxy) is 1. The van der Waals surface area contributed by atoms with Gasteiger partial charge in [-0.25, -0.2) is 0 Å². The molecule has 0 bridgehead atoms. The summed E-state index contributed by atoms with van der Waals surface area (Å²) >= 11 is 18.6. The van der Waals surface area contributed by atoms with Crippen LogP contribution in [-0.2, 0) is 0 Å². The van der Waals surface area contributed by atoms with E-state index in [2.05, 4.69) is 6.92 Å². The zero-order valence-electron chi connectivity index (χ0n) is 13.4. The molecule has 0 saturated carbocycles. The highest BCUT2D eigenvalue weighted by Gasteiger charge is 2.38. The summed E-state index contributed by atoms with van der Waals surface area (Å²) in [6.07, 6.45) is 11.0. The predicted octanol–water partition coefficient (Wildman–Crippen LogP) is 7.16. The summed E-state index contributed by atoms with van der Waals surface area (Å²) in [6.45, 7) is 2.24. The molecule has 0 spiro atoms. The Balaban J connectivity index is 2.25. The summed E-state index contributed by atoms with van der Waals surface area (Å²) < 4.78 is 5.90. The van der Waals surface area contributed by atoms with Gasteiger partial charge < -0.3 is 4.74 Å². The zero-order chi connectivity index (χ0) is 16.3. The van der Waals surface area contributed by atoms with Crippen LogP contribution in [0.15, 0.2) is 30.3 Å². The van der Waals surface area contributed by atoms with Gasteiger partial charge in [-0.1, -0.05) is 70.1 Å². The second kappa shape index (κ2) is 11.6. The first-order valence-corrected chi connectivity index (χ1v) is 13.4. The van der Waals surface area contributed by atoms with Gasteiger partial charge >= 0.3 is 6.00 Å². The van der Waals surface area contributed by atoms with Crippen LogP contribution in [0.2, 0.25) is 0 Å². The van der Waals surface area contributed by atoms with Crippen LogP contribution < -0.4 is 4.74 Å². The third kappa shape index (κ3) is 9.29. The minimum atomic E-state index is -2.86. The Labute approximate surface area is 150 Å². The Bertz CT molecular complexity index is 381. The van der Waals surface area contributed by atoms with E-state index >= 15 is 0 Å². The molecular formula is C17H27Cl3OSi. The summed E-state index contributed by atoms with van der Waals surface area (Å²) in [5, 5.41) is 0. The van der Waals surface area contributed by atoms with Crippen LogP contribution in [0.4, 0.5) is 0 Å². The molecular weight excluding hydrogens is 355 g/mol. The van der Waals surface area contributed by atoms with E-state index in [1.165, 1.54) is 44.9 Å². The summed E-state index contributed by atoms with van der Waals surface area (Å²) in [5.41, 5.74) is -0.264. The molecule has 0 radical (unpaired) electrons. The van der Waals surface area contributed by atoms with Gasteiger partial charge in [0.05, 0.1) is 0 Å². The molecule has 126 valence electrons. The third-order valence-electron chi connectivity index (χ3n) is 3.71. The number of halogens is 3. The lowest BCUT2D eigenvalue weighted by Gasteiger charge is -2.23. The maximum Gasteiger partial charge on any atom is 0.381 e. The first kappa shape index (κ1) is 20.2. The Morgan fingerprint density at radius 1 is 0.864 bits per heavy atom. The van der Waals surface area contributed by atoms with Crippen LogP contribution in [0, 0.1) is 0 Å². The molecule has 0 N–H and O–H groups in total. The fourth-order valence-corrected chi connectivity index (χ4v) is 4.60. The highest BCUT2D eigenvalue weighted by molar-refractivity contribution is 7.65. The van der Waals surface area contributed by atoms with Crippen LogP contribution in [0.1, 0.15) is 64.7 Å². The van der Waals surface area contributed by atoms with Crippen molar-refractivity contribution in [3.05, 3.63) is 30.3 Å². The SMILES string of the molecule is CCCCCCCCCCC(Oc1ccccc1)[Si](Cl)(Cl)Cl. The molecule has 1 unspecified atom stereocenters. The topological polar surface area (TPSA) is 9.23 Å². The molecule has 0 aliphatic rings. The van der Waals surface area contributed by atoms with Crippen LogP contribution in [0.25, 0.3) is 0 Å². The Morgan fingerprint density at radius 3 is 1.95 bits per heavy atom.